The van der Waals surface area contributed by atoms with E-state index < -0.39 is 0 Å². The number of aldehydes is 1. The van der Waals surface area contributed by atoms with Gasteiger partial charge in [-0.25, -0.2) is 4.39 Å². The normalized spacial score (nSPS) is 10.2. The fraction of sp³-hybridized carbons (Fsp3) is 0.133. The summed E-state index contributed by atoms with van der Waals surface area (Å²) >= 11 is 0. The minimum Gasteiger partial charge on any atom is -0.303 e. The zero-order valence-corrected chi connectivity index (χ0v) is 9.40. The van der Waals surface area contributed by atoms with Crippen molar-refractivity contribution >= 4 is 6.29 Å². The third-order valence-electron chi connectivity index (χ3n) is 2.71. The predicted molar refractivity (Wildman–Crippen MR) is 66.2 cm³/mol. The lowest BCUT2D eigenvalue weighted by Gasteiger charge is -2.09. The molecule has 0 aromatic heterocycles. The molecule has 0 spiro atoms. The van der Waals surface area contributed by atoms with Gasteiger partial charge in [0.05, 0.1) is 0 Å². The second kappa shape index (κ2) is 5.39. The van der Waals surface area contributed by atoms with E-state index in [2.05, 4.69) is 0 Å². The SMILES string of the molecule is O=CCCc1ccccc1-c1ccccc1F. The third-order valence-corrected chi connectivity index (χ3v) is 2.71. The van der Waals surface area contributed by atoms with E-state index in [4.69, 9.17) is 0 Å². The van der Waals surface area contributed by atoms with Gasteiger partial charge in [-0.15, -0.1) is 0 Å². The highest BCUT2D eigenvalue weighted by atomic mass is 19.1. The van der Waals surface area contributed by atoms with Gasteiger partial charge in [0.1, 0.15) is 12.1 Å². The van der Waals surface area contributed by atoms with Crippen molar-refractivity contribution in [3.63, 3.8) is 0 Å². The van der Waals surface area contributed by atoms with E-state index in [-0.39, 0.29) is 5.82 Å². The highest BCUT2D eigenvalue weighted by molar-refractivity contribution is 5.68. The summed E-state index contributed by atoms with van der Waals surface area (Å²) in [6, 6.07) is 14.3. The fourth-order valence-electron chi connectivity index (χ4n) is 1.90. The number of rotatable bonds is 4. The van der Waals surface area contributed by atoms with Crippen molar-refractivity contribution < 1.29 is 9.18 Å². The first-order chi connectivity index (χ1) is 8.33. The Balaban J connectivity index is 2.44. The maximum absolute atomic E-state index is 13.7. The average Bonchev–Trinajstić information content (AvgIpc) is 2.37. The maximum atomic E-state index is 13.7. The molecule has 0 bridgehead atoms. The molecule has 0 unspecified atom stereocenters. The number of benzene rings is 2. The van der Waals surface area contributed by atoms with Gasteiger partial charge in [-0.2, -0.15) is 0 Å². The summed E-state index contributed by atoms with van der Waals surface area (Å²) in [5.74, 6) is -0.231. The van der Waals surface area contributed by atoms with Gasteiger partial charge in [-0.1, -0.05) is 42.5 Å². The number of halogens is 1. The number of hydrogen-bond acceptors (Lipinski definition) is 1. The molecule has 2 aromatic rings. The molecule has 0 fully saturated rings. The molecule has 17 heavy (non-hydrogen) atoms. The molecule has 2 aromatic carbocycles. The van der Waals surface area contributed by atoms with Gasteiger partial charge in [-0.3, -0.25) is 0 Å². The van der Waals surface area contributed by atoms with Crippen LogP contribution in [0.5, 0.6) is 0 Å². The molecule has 0 aliphatic heterocycles. The third kappa shape index (κ3) is 2.59. The van der Waals surface area contributed by atoms with Crippen LogP contribution in [0.3, 0.4) is 0 Å². The molecule has 0 saturated heterocycles. The quantitative estimate of drug-likeness (QED) is 0.730. The Morgan fingerprint density at radius 3 is 2.29 bits per heavy atom. The van der Waals surface area contributed by atoms with E-state index in [0.29, 0.717) is 18.4 Å². The predicted octanol–water partition coefficient (Wildman–Crippen LogP) is 3.62. The molecule has 2 rings (SSSR count). The molecule has 0 N–H and O–H groups in total. The van der Waals surface area contributed by atoms with Gasteiger partial charge in [0.25, 0.3) is 0 Å². The summed E-state index contributed by atoms with van der Waals surface area (Å²) in [7, 11) is 0. The van der Waals surface area contributed by atoms with Crippen molar-refractivity contribution in [2.75, 3.05) is 0 Å². The number of hydrogen-bond donors (Lipinski definition) is 0. The van der Waals surface area contributed by atoms with E-state index >= 15 is 0 Å². The number of aryl methyl sites for hydroxylation is 1. The van der Waals surface area contributed by atoms with E-state index in [0.717, 1.165) is 17.4 Å². The molecule has 0 aliphatic rings. The molecular formula is C15H13FO. The molecule has 0 saturated carbocycles. The van der Waals surface area contributed by atoms with Crippen molar-refractivity contribution in [2.24, 2.45) is 0 Å². The van der Waals surface area contributed by atoms with E-state index in [1.807, 2.05) is 30.3 Å². The summed E-state index contributed by atoms with van der Waals surface area (Å²) in [4.78, 5) is 10.4. The Labute approximate surface area is 99.9 Å². The second-order valence-electron chi connectivity index (χ2n) is 3.84. The summed E-state index contributed by atoms with van der Waals surface area (Å²) in [5.41, 5.74) is 2.46. The van der Waals surface area contributed by atoms with Crippen LogP contribution in [0.2, 0.25) is 0 Å². The monoisotopic (exact) mass is 228 g/mol. The Morgan fingerprint density at radius 2 is 1.59 bits per heavy atom. The molecular weight excluding hydrogens is 215 g/mol. The van der Waals surface area contributed by atoms with E-state index in [9.17, 15) is 9.18 Å². The van der Waals surface area contributed by atoms with Crippen molar-refractivity contribution in [1.29, 1.82) is 0 Å². The fourth-order valence-corrected chi connectivity index (χ4v) is 1.90. The molecule has 2 heteroatoms. The summed E-state index contributed by atoms with van der Waals surface area (Å²) < 4.78 is 13.7. The molecule has 86 valence electrons. The van der Waals surface area contributed by atoms with Crippen molar-refractivity contribution in [2.45, 2.75) is 12.8 Å². The minimum absolute atomic E-state index is 0.231. The van der Waals surface area contributed by atoms with Gasteiger partial charge >= 0.3 is 0 Å². The van der Waals surface area contributed by atoms with E-state index in [1.165, 1.54) is 6.07 Å². The van der Waals surface area contributed by atoms with Gasteiger partial charge in [0.15, 0.2) is 0 Å². The smallest absolute Gasteiger partial charge is 0.131 e. The average molecular weight is 228 g/mol. The topological polar surface area (TPSA) is 17.1 Å². The molecule has 0 radical (unpaired) electrons. The van der Waals surface area contributed by atoms with Gasteiger partial charge in [0, 0.05) is 12.0 Å². The van der Waals surface area contributed by atoms with Crippen LogP contribution in [0, 0.1) is 5.82 Å². The van der Waals surface area contributed by atoms with Crippen LogP contribution < -0.4 is 0 Å². The van der Waals surface area contributed by atoms with Gasteiger partial charge < -0.3 is 4.79 Å². The second-order valence-corrected chi connectivity index (χ2v) is 3.84. The van der Waals surface area contributed by atoms with Gasteiger partial charge in [-0.05, 0) is 23.6 Å². The van der Waals surface area contributed by atoms with Crippen molar-refractivity contribution in [3.8, 4) is 11.1 Å². The highest BCUT2D eigenvalue weighted by Crippen LogP contribution is 2.26. The maximum Gasteiger partial charge on any atom is 0.131 e. The Kier molecular flexibility index (Phi) is 3.66. The Morgan fingerprint density at radius 1 is 0.941 bits per heavy atom. The van der Waals surface area contributed by atoms with Gasteiger partial charge in [0.2, 0.25) is 0 Å². The first-order valence-corrected chi connectivity index (χ1v) is 5.59. The van der Waals surface area contributed by atoms with Crippen LogP contribution in [0.1, 0.15) is 12.0 Å². The first-order valence-electron chi connectivity index (χ1n) is 5.59. The molecule has 0 heterocycles. The number of carbonyl (C=O) groups is 1. The first kappa shape index (κ1) is 11.5. The molecule has 1 nitrogen and oxygen atoms in total. The standard InChI is InChI=1S/C15H13FO/c16-15-10-4-3-9-14(15)13-8-2-1-6-12(13)7-5-11-17/h1-4,6,8-11H,5,7H2. The summed E-state index contributed by atoms with van der Waals surface area (Å²) in [6.07, 6.45) is 2.00. The molecule has 0 amide bonds. The lowest BCUT2D eigenvalue weighted by atomic mass is 9.96. The zero-order valence-electron chi connectivity index (χ0n) is 9.40. The molecule has 0 atom stereocenters. The molecule has 0 aliphatic carbocycles. The zero-order chi connectivity index (χ0) is 12.1. The lowest BCUT2D eigenvalue weighted by molar-refractivity contribution is -0.107. The van der Waals surface area contributed by atoms with Crippen LogP contribution in [0.4, 0.5) is 4.39 Å². The van der Waals surface area contributed by atoms with E-state index in [1.54, 1.807) is 12.1 Å². The Hall–Kier alpha value is -1.96. The van der Waals surface area contributed by atoms with Crippen LogP contribution in [0.15, 0.2) is 48.5 Å². The summed E-state index contributed by atoms with van der Waals surface area (Å²) in [6.45, 7) is 0. The largest absolute Gasteiger partial charge is 0.303 e. The van der Waals surface area contributed by atoms with Crippen LogP contribution >= 0.6 is 0 Å². The summed E-state index contributed by atoms with van der Waals surface area (Å²) in [5, 5.41) is 0. The lowest BCUT2D eigenvalue weighted by Crippen LogP contribution is -1.92. The number of carbonyl (C=O) groups excluding carboxylic acids is 1. The van der Waals surface area contributed by atoms with Crippen LogP contribution in [0.25, 0.3) is 11.1 Å². The van der Waals surface area contributed by atoms with Crippen LogP contribution in [-0.2, 0) is 11.2 Å². The Bertz CT molecular complexity index is 520. The van der Waals surface area contributed by atoms with Crippen molar-refractivity contribution in [1.82, 2.24) is 0 Å². The highest BCUT2D eigenvalue weighted by Gasteiger charge is 2.08. The van der Waals surface area contributed by atoms with Crippen LogP contribution in [-0.4, -0.2) is 6.29 Å². The van der Waals surface area contributed by atoms with Crippen molar-refractivity contribution in [3.05, 3.63) is 59.9 Å². The minimum atomic E-state index is -0.231.